The van der Waals surface area contributed by atoms with E-state index >= 15 is 0 Å². The molecular formula is C18H17N3O5. The number of hydrogen-bond donors (Lipinski definition) is 1. The number of ether oxygens (including phenoxy) is 1. The highest BCUT2D eigenvalue weighted by molar-refractivity contribution is 6.05. The third-order valence-electron chi connectivity index (χ3n) is 4.08. The summed E-state index contributed by atoms with van der Waals surface area (Å²) in [4.78, 5) is 36.3. The van der Waals surface area contributed by atoms with Gasteiger partial charge in [-0.2, -0.15) is 0 Å². The van der Waals surface area contributed by atoms with Gasteiger partial charge in [0, 0.05) is 29.9 Å². The van der Waals surface area contributed by atoms with E-state index in [-0.39, 0.29) is 11.6 Å². The number of likely N-dealkylation sites (N-methyl/N-ethyl adjacent to an activating group) is 1. The second kappa shape index (κ2) is 6.83. The van der Waals surface area contributed by atoms with E-state index in [1.165, 1.54) is 24.3 Å². The highest BCUT2D eigenvalue weighted by atomic mass is 16.6. The van der Waals surface area contributed by atoms with Crippen LogP contribution in [0.1, 0.15) is 24.2 Å². The molecule has 134 valence electrons. The Balaban J connectivity index is 1.82. The molecule has 2 aromatic carbocycles. The Bertz CT molecular complexity index is 879. The second-order valence-corrected chi connectivity index (χ2v) is 5.78. The first-order chi connectivity index (χ1) is 12.4. The molecule has 1 aliphatic heterocycles. The van der Waals surface area contributed by atoms with Gasteiger partial charge in [0.1, 0.15) is 5.75 Å². The zero-order valence-electron chi connectivity index (χ0n) is 14.3. The van der Waals surface area contributed by atoms with Gasteiger partial charge in [0.2, 0.25) is 0 Å². The van der Waals surface area contributed by atoms with Gasteiger partial charge in [-0.3, -0.25) is 19.7 Å². The summed E-state index contributed by atoms with van der Waals surface area (Å²) >= 11 is 0. The lowest BCUT2D eigenvalue weighted by Crippen LogP contribution is -2.44. The monoisotopic (exact) mass is 355 g/mol. The summed E-state index contributed by atoms with van der Waals surface area (Å²) < 4.78 is 5.59. The molecule has 0 saturated carbocycles. The van der Waals surface area contributed by atoms with Gasteiger partial charge in [-0.15, -0.1) is 0 Å². The van der Waals surface area contributed by atoms with Crippen molar-refractivity contribution in [3.8, 4) is 5.75 Å². The molecule has 1 unspecified atom stereocenters. The van der Waals surface area contributed by atoms with Crippen molar-refractivity contribution in [3.05, 3.63) is 58.1 Å². The molecule has 2 aromatic rings. The van der Waals surface area contributed by atoms with Crippen LogP contribution in [0.5, 0.6) is 5.75 Å². The number of rotatable bonds is 4. The predicted molar refractivity (Wildman–Crippen MR) is 95.6 cm³/mol. The van der Waals surface area contributed by atoms with Crippen LogP contribution in [0.3, 0.4) is 0 Å². The molecule has 26 heavy (non-hydrogen) atoms. The maximum Gasteiger partial charge on any atom is 0.269 e. The molecule has 0 saturated heterocycles. The van der Waals surface area contributed by atoms with E-state index in [2.05, 4.69) is 5.32 Å². The topological polar surface area (TPSA) is 102 Å². The standard InChI is InChI=1S/C18H17N3O5/c1-3-20-15-10-13(6-9-16(15)26-11(2)18(20)23)19-17(22)12-4-7-14(8-5-12)21(24)25/h4-11H,3H2,1-2H3,(H,19,22). The molecule has 0 bridgehead atoms. The van der Waals surface area contributed by atoms with E-state index in [4.69, 9.17) is 4.74 Å². The van der Waals surface area contributed by atoms with Crippen molar-refractivity contribution in [2.24, 2.45) is 0 Å². The molecule has 1 atom stereocenters. The molecule has 1 N–H and O–H groups in total. The van der Waals surface area contributed by atoms with Gasteiger partial charge in [0.25, 0.3) is 17.5 Å². The number of nitro groups is 1. The summed E-state index contributed by atoms with van der Waals surface area (Å²) in [6.45, 7) is 4.04. The van der Waals surface area contributed by atoms with Crippen LogP contribution in [0.15, 0.2) is 42.5 Å². The average Bonchev–Trinajstić information content (AvgIpc) is 2.63. The summed E-state index contributed by atoms with van der Waals surface area (Å²) in [6, 6.07) is 10.4. The molecule has 0 spiro atoms. The molecular weight excluding hydrogens is 338 g/mol. The number of benzene rings is 2. The molecule has 0 radical (unpaired) electrons. The van der Waals surface area contributed by atoms with Crippen molar-refractivity contribution in [2.75, 3.05) is 16.8 Å². The molecule has 1 aliphatic rings. The number of nitrogens with zero attached hydrogens (tertiary/aromatic N) is 2. The fourth-order valence-corrected chi connectivity index (χ4v) is 2.75. The van der Waals surface area contributed by atoms with Crippen LogP contribution in [0, 0.1) is 10.1 Å². The lowest BCUT2D eigenvalue weighted by atomic mass is 10.1. The van der Waals surface area contributed by atoms with Crippen LogP contribution in [0.4, 0.5) is 17.1 Å². The molecule has 8 nitrogen and oxygen atoms in total. The van der Waals surface area contributed by atoms with Crippen molar-refractivity contribution in [1.82, 2.24) is 0 Å². The molecule has 0 aromatic heterocycles. The number of carbonyl (C=O) groups excluding carboxylic acids is 2. The van der Waals surface area contributed by atoms with Gasteiger partial charge < -0.3 is 15.0 Å². The third-order valence-corrected chi connectivity index (χ3v) is 4.08. The highest BCUT2D eigenvalue weighted by Gasteiger charge is 2.30. The number of anilines is 2. The van der Waals surface area contributed by atoms with Crippen molar-refractivity contribution < 1.29 is 19.2 Å². The number of fused-ring (bicyclic) bond motifs is 1. The Morgan fingerprint density at radius 3 is 2.58 bits per heavy atom. The minimum Gasteiger partial charge on any atom is -0.479 e. The van der Waals surface area contributed by atoms with Gasteiger partial charge in [-0.25, -0.2) is 0 Å². The summed E-state index contributed by atoms with van der Waals surface area (Å²) in [5.74, 6) is 0.0328. The lowest BCUT2D eigenvalue weighted by Gasteiger charge is -2.32. The summed E-state index contributed by atoms with van der Waals surface area (Å²) in [5, 5.41) is 13.4. The maximum absolute atomic E-state index is 12.3. The number of hydrogen-bond acceptors (Lipinski definition) is 5. The second-order valence-electron chi connectivity index (χ2n) is 5.78. The van der Waals surface area contributed by atoms with E-state index in [9.17, 15) is 19.7 Å². The van der Waals surface area contributed by atoms with Crippen LogP contribution < -0.4 is 15.0 Å². The molecule has 1 heterocycles. The first-order valence-electron chi connectivity index (χ1n) is 8.08. The molecule has 8 heteroatoms. The Kier molecular flexibility index (Phi) is 4.57. The normalized spacial score (nSPS) is 15.8. The largest absolute Gasteiger partial charge is 0.479 e. The number of carbonyl (C=O) groups is 2. The smallest absolute Gasteiger partial charge is 0.269 e. The number of nitro benzene ring substituents is 1. The van der Waals surface area contributed by atoms with Gasteiger partial charge in [-0.05, 0) is 44.2 Å². The zero-order chi connectivity index (χ0) is 18.8. The summed E-state index contributed by atoms with van der Waals surface area (Å²) in [7, 11) is 0. The van der Waals surface area contributed by atoms with Crippen LogP contribution in [0.2, 0.25) is 0 Å². The van der Waals surface area contributed by atoms with Gasteiger partial charge in [-0.1, -0.05) is 0 Å². The molecule has 2 amide bonds. The van der Waals surface area contributed by atoms with E-state index in [0.717, 1.165) is 0 Å². The van der Waals surface area contributed by atoms with Gasteiger partial charge in [0.05, 0.1) is 10.6 Å². The Morgan fingerprint density at radius 1 is 1.27 bits per heavy atom. The minimum atomic E-state index is -0.553. The number of nitrogens with one attached hydrogen (secondary N) is 1. The van der Waals surface area contributed by atoms with Gasteiger partial charge >= 0.3 is 0 Å². The highest BCUT2D eigenvalue weighted by Crippen LogP contribution is 2.36. The van der Waals surface area contributed by atoms with Crippen molar-refractivity contribution in [1.29, 1.82) is 0 Å². The van der Waals surface area contributed by atoms with Crippen LogP contribution >= 0.6 is 0 Å². The fourth-order valence-electron chi connectivity index (χ4n) is 2.75. The zero-order valence-corrected chi connectivity index (χ0v) is 14.3. The Labute approximate surface area is 149 Å². The SMILES string of the molecule is CCN1C(=O)C(C)Oc2ccc(NC(=O)c3ccc([N+](=O)[O-])cc3)cc21. The Morgan fingerprint density at radius 2 is 1.96 bits per heavy atom. The molecule has 0 aliphatic carbocycles. The van der Waals surface area contributed by atoms with Gasteiger partial charge in [0.15, 0.2) is 6.10 Å². The van der Waals surface area contributed by atoms with E-state index < -0.39 is 16.9 Å². The van der Waals surface area contributed by atoms with E-state index in [0.29, 0.717) is 29.2 Å². The summed E-state index contributed by atoms with van der Waals surface area (Å²) in [6.07, 6.45) is -0.553. The van der Waals surface area contributed by atoms with Crippen molar-refractivity contribution >= 4 is 28.9 Å². The summed E-state index contributed by atoms with van der Waals surface area (Å²) in [5.41, 5.74) is 1.30. The quantitative estimate of drug-likeness (QED) is 0.671. The first-order valence-corrected chi connectivity index (χ1v) is 8.08. The van der Waals surface area contributed by atoms with Crippen LogP contribution in [0.25, 0.3) is 0 Å². The van der Waals surface area contributed by atoms with Crippen molar-refractivity contribution in [2.45, 2.75) is 20.0 Å². The van der Waals surface area contributed by atoms with E-state index in [1.54, 1.807) is 30.0 Å². The minimum absolute atomic E-state index is 0.0845. The van der Waals surface area contributed by atoms with Crippen LogP contribution in [-0.2, 0) is 4.79 Å². The number of amides is 2. The predicted octanol–water partition coefficient (Wildman–Crippen LogP) is 2.98. The maximum atomic E-state index is 12.3. The first kappa shape index (κ1) is 17.4. The van der Waals surface area contributed by atoms with Crippen LogP contribution in [-0.4, -0.2) is 29.4 Å². The Hall–Kier alpha value is -3.42. The van der Waals surface area contributed by atoms with Crippen molar-refractivity contribution in [3.63, 3.8) is 0 Å². The number of non-ortho nitro benzene ring substituents is 1. The molecule has 0 fully saturated rings. The van der Waals surface area contributed by atoms with E-state index in [1.807, 2.05) is 6.92 Å². The average molecular weight is 355 g/mol. The third kappa shape index (κ3) is 3.21. The molecule has 3 rings (SSSR count). The lowest BCUT2D eigenvalue weighted by molar-refractivity contribution is -0.384. The fraction of sp³-hybridized carbons (Fsp3) is 0.222.